The molecule has 0 aliphatic carbocycles. The molecule has 3 rings (SSSR count). The average Bonchev–Trinajstić information content (AvgIpc) is 2.58. The number of anilines is 1. The SMILES string of the molecule is Cc1cnc2n(c1=O)C[C@H](C(=O)Nc1ccc(F)c(C(F)(F)F)c1)CS2. The highest BCUT2D eigenvalue weighted by Crippen LogP contribution is 2.33. The Morgan fingerprint density at radius 3 is 2.81 bits per heavy atom. The van der Waals surface area contributed by atoms with E-state index in [0.29, 0.717) is 28.6 Å². The van der Waals surface area contributed by atoms with Gasteiger partial charge in [0.05, 0.1) is 11.5 Å². The van der Waals surface area contributed by atoms with E-state index >= 15 is 0 Å². The van der Waals surface area contributed by atoms with Crippen molar-refractivity contribution < 1.29 is 22.4 Å². The number of aryl methyl sites for hydroxylation is 1. The summed E-state index contributed by atoms with van der Waals surface area (Å²) in [5.41, 5.74) is -1.44. The van der Waals surface area contributed by atoms with Gasteiger partial charge in [0.1, 0.15) is 5.82 Å². The smallest absolute Gasteiger partial charge is 0.326 e. The number of nitrogens with zero attached hydrogens (tertiary/aromatic N) is 2. The number of benzene rings is 1. The lowest BCUT2D eigenvalue weighted by Gasteiger charge is -2.24. The third-order valence-corrected chi connectivity index (χ3v) is 5.06. The lowest BCUT2D eigenvalue weighted by molar-refractivity contribution is -0.140. The van der Waals surface area contributed by atoms with E-state index in [-0.39, 0.29) is 17.8 Å². The molecule has 2 heterocycles. The average molecular weight is 387 g/mol. The van der Waals surface area contributed by atoms with Crippen molar-refractivity contribution in [3.05, 3.63) is 51.7 Å². The molecule has 5 nitrogen and oxygen atoms in total. The predicted octanol–water partition coefficient (Wildman–Crippen LogP) is 3.07. The van der Waals surface area contributed by atoms with Gasteiger partial charge in [-0.3, -0.25) is 14.2 Å². The Morgan fingerprint density at radius 1 is 1.38 bits per heavy atom. The standard InChI is InChI=1S/C16H13F4N3O2S/c1-8-5-21-15-23(14(8)25)6-9(7-26-15)13(24)22-10-2-3-12(17)11(4-10)16(18,19)20/h2-5,9H,6-7H2,1H3,(H,22,24)/t9-/m0/s1. The fourth-order valence-corrected chi connectivity index (χ4v) is 3.57. The first-order chi connectivity index (χ1) is 12.2. The quantitative estimate of drug-likeness (QED) is 0.636. The van der Waals surface area contributed by atoms with E-state index in [1.54, 1.807) is 6.92 Å². The maximum atomic E-state index is 13.3. The van der Waals surface area contributed by atoms with E-state index in [4.69, 9.17) is 0 Å². The van der Waals surface area contributed by atoms with Gasteiger partial charge >= 0.3 is 6.18 Å². The molecule has 0 saturated heterocycles. The number of amides is 1. The zero-order valence-corrected chi connectivity index (χ0v) is 14.2. The van der Waals surface area contributed by atoms with Crippen LogP contribution >= 0.6 is 11.8 Å². The summed E-state index contributed by atoms with van der Waals surface area (Å²) in [4.78, 5) is 28.7. The van der Waals surface area contributed by atoms with Crippen molar-refractivity contribution in [2.24, 2.45) is 5.92 Å². The van der Waals surface area contributed by atoms with Crippen LogP contribution in [0.3, 0.4) is 0 Å². The van der Waals surface area contributed by atoms with Gasteiger partial charge in [-0.2, -0.15) is 13.2 Å². The molecule has 1 atom stereocenters. The zero-order valence-electron chi connectivity index (χ0n) is 13.4. The summed E-state index contributed by atoms with van der Waals surface area (Å²) < 4.78 is 53.0. The lowest BCUT2D eigenvalue weighted by atomic mass is 10.1. The van der Waals surface area contributed by atoms with Gasteiger partial charge in [0.2, 0.25) is 5.91 Å². The minimum atomic E-state index is -4.86. The summed E-state index contributed by atoms with van der Waals surface area (Å²) in [6, 6.07) is 2.26. The number of halogens is 4. The molecule has 0 radical (unpaired) electrons. The number of hydrogen-bond donors (Lipinski definition) is 1. The summed E-state index contributed by atoms with van der Waals surface area (Å²) >= 11 is 1.22. The molecule has 1 N–H and O–H groups in total. The Balaban J connectivity index is 1.79. The predicted molar refractivity (Wildman–Crippen MR) is 87.5 cm³/mol. The highest BCUT2D eigenvalue weighted by Gasteiger charge is 2.34. The number of carbonyl (C=O) groups is 1. The van der Waals surface area contributed by atoms with Gasteiger partial charge in [-0.15, -0.1) is 0 Å². The second-order valence-electron chi connectivity index (χ2n) is 5.83. The van der Waals surface area contributed by atoms with Gasteiger partial charge in [0.25, 0.3) is 5.56 Å². The summed E-state index contributed by atoms with van der Waals surface area (Å²) in [5.74, 6) is -2.26. The number of carbonyl (C=O) groups excluding carboxylic acids is 1. The molecule has 1 amide bonds. The van der Waals surface area contributed by atoms with Crippen molar-refractivity contribution in [1.82, 2.24) is 9.55 Å². The summed E-state index contributed by atoms with van der Waals surface area (Å²) in [6.45, 7) is 1.68. The van der Waals surface area contributed by atoms with Crippen molar-refractivity contribution in [3.63, 3.8) is 0 Å². The van der Waals surface area contributed by atoms with Crippen molar-refractivity contribution in [3.8, 4) is 0 Å². The third-order valence-electron chi connectivity index (χ3n) is 3.91. The van der Waals surface area contributed by atoms with Crippen LogP contribution in [0, 0.1) is 18.7 Å². The van der Waals surface area contributed by atoms with Crippen molar-refractivity contribution in [2.75, 3.05) is 11.1 Å². The number of aromatic nitrogens is 2. The summed E-state index contributed by atoms with van der Waals surface area (Å²) in [6.07, 6.45) is -3.40. The third kappa shape index (κ3) is 3.59. The molecule has 0 unspecified atom stereocenters. The van der Waals surface area contributed by atoms with Gasteiger partial charge in [-0.1, -0.05) is 11.8 Å². The molecule has 0 fully saturated rings. The maximum absolute atomic E-state index is 13.3. The molecular formula is C16H13F4N3O2S. The Morgan fingerprint density at radius 2 is 2.12 bits per heavy atom. The molecule has 2 aromatic rings. The van der Waals surface area contributed by atoms with E-state index in [1.807, 2.05) is 0 Å². The normalized spacial score (nSPS) is 16.9. The minimum Gasteiger partial charge on any atom is -0.326 e. The van der Waals surface area contributed by atoms with Crippen molar-refractivity contribution in [2.45, 2.75) is 24.8 Å². The first kappa shape index (κ1) is 18.4. The van der Waals surface area contributed by atoms with Crippen LogP contribution in [0.25, 0.3) is 0 Å². The van der Waals surface area contributed by atoms with Crippen LogP contribution in [-0.2, 0) is 17.5 Å². The van der Waals surface area contributed by atoms with Crippen LogP contribution < -0.4 is 10.9 Å². The molecule has 0 bridgehead atoms. The molecule has 1 aromatic heterocycles. The van der Waals surface area contributed by atoms with Gasteiger partial charge in [-0.05, 0) is 25.1 Å². The second-order valence-corrected chi connectivity index (χ2v) is 6.82. The van der Waals surface area contributed by atoms with Crippen LogP contribution in [0.1, 0.15) is 11.1 Å². The fraction of sp³-hybridized carbons (Fsp3) is 0.312. The van der Waals surface area contributed by atoms with Gasteiger partial charge in [0, 0.05) is 29.7 Å². The maximum Gasteiger partial charge on any atom is 0.419 e. The molecule has 0 saturated carbocycles. The first-order valence-electron chi connectivity index (χ1n) is 7.53. The van der Waals surface area contributed by atoms with Crippen molar-refractivity contribution in [1.29, 1.82) is 0 Å². The van der Waals surface area contributed by atoms with E-state index in [1.165, 1.54) is 22.5 Å². The van der Waals surface area contributed by atoms with E-state index < -0.39 is 29.4 Å². The lowest BCUT2D eigenvalue weighted by Crippen LogP contribution is -2.37. The molecule has 26 heavy (non-hydrogen) atoms. The highest BCUT2D eigenvalue weighted by molar-refractivity contribution is 7.99. The van der Waals surface area contributed by atoms with E-state index in [9.17, 15) is 27.2 Å². The van der Waals surface area contributed by atoms with Gasteiger partial charge in [-0.25, -0.2) is 9.37 Å². The highest BCUT2D eigenvalue weighted by atomic mass is 32.2. The van der Waals surface area contributed by atoms with Crippen LogP contribution in [-0.4, -0.2) is 21.2 Å². The Kier molecular flexibility index (Phi) is 4.78. The number of fused-ring (bicyclic) bond motifs is 1. The fourth-order valence-electron chi connectivity index (χ4n) is 2.52. The molecular weight excluding hydrogens is 374 g/mol. The molecule has 138 valence electrons. The van der Waals surface area contributed by atoms with Gasteiger partial charge in [0.15, 0.2) is 5.16 Å². The van der Waals surface area contributed by atoms with Crippen LogP contribution in [0.15, 0.2) is 34.3 Å². The van der Waals surface area contributed by atoms with E-state index in [2.05, 4.69) is 10.3 Å². The number of alkyl halides is 3. The topological polar surface area (TPSA) is 64.0 Å². The molecule has 1 aliphatic rings. The zero-order chi connectivity index (χ0) is 19.1. The Bertz CT molecular complexity index is 927. The number of hydrogen-bond acceptors (Lipinski definition) is 4. The van der Waals surface area contributed by atoms with Crippen molar-refractivity contribution >= 4 is 23.4 Å². The molecule has 0 spiro atoms. The van der Waals surface area contributed by atoms with Crippen LogP contribution in [0.4, 0.5) is 23.2 Å². The molecule has 1 aliphatic heterocycles. The largest absolute Gasteiger partial charge is 0.419 e. The Labute approximate surface area is 149 Å². The monoisotopic (exact) mass is 387 g/mol. The Hall–Kier alpha value is -2.36. The number of thioether (sulfide) groups is 1. The summed E-state index contributed by atoms with van der Waals surface area (Å²) in [7, 11) is 0. The minimum absolute atomic E-state index is 0.0784. The molecule has 1 aromatic carbocycles. The number of rotatable bonds is 2. The van der Waals surface area contributed by atoms with Crippen LogP contribution in [0.5, 0.6) is 0 Å². The number of nitrogens with one attached hydrogen (secondary N) is 1. The molecule has 10 heteroatoms. The first-order valence-corrected chi connectivity index (χ1v) is 8.52. The van der Waals surface area contributed by atoms with Gasteiger partial charge < -0.3 is 5.32 Å². The second kappa shape index (κ2) is 6.75. The summed E-state index contributed by atoms with van der Waals surface area (Å²) in [5, 5.41) is 2.85. The van der Waals surface area contributed by atoms with Crippen LogP contribution in [0.2, 0.25) is 0 Å². The van der Waals surface area contributed by atoms with E-state index in [0.717, 1.165) is 6.07 Å².